The van der Waals surface area contributed by atoms with E-state index >= 15 is 0 Å². The number of Topliss-reactive ketones (excluding diaryl/α,β-unsaturated/α-hetero) is 1. The normalized spacial score (nSPS) is 14.1. The smallest absolute Gasteiger partial charge is 0.163 e. The molecule has 0 radical (unpaired) electrons. The Labute approximate surface area is 208 Å². The lowest BCUT2D eigenvalue weighted by Gasteiger charge is -2.24. The van der Waals surface area contributed by atoms with E-state index in [0.29, 0.717) is 58.4 Å². The maximum Gasteiger partial charge on any atom is 0.163 e. The minimum absolute atomic E-state index is 0.0566. The van der Waals surface area contributed by atoms with Crippen molar-refractivity contribution < 1.29 is 32.9 Å². The lowest BCUT2D eigenvalue weighted by molar-refractivity contribution is 0.0397. The highest BCUT2D eigenvalue weighted by Crippen LogP contribution is 2.39. The summed E-state index contributed by atoms with van der Waals surface area (Å²) in [4.78, 5) is 17.6. The first-order chi connectivity index (χ1) is 17.2. The summed E-state index contributed by atoms with van der Waals surface area (Å²) >= 11 is 0. The van der Waals surface area contributed by atoms with Gasteiger partial charge in [-0.2, -0.15) is 0 Å². The van der Waals surface area contributed by atoms with Gasteiger partial charge in [0.15, 0.2) is 17.3 Å². The van der Waals surface area contributed by atoms with Gasteiger partial charge in [0.2, 0.25) is 0 Å². The molecular weight excluding hydrogens is 468 g/mol. The van der Waals surface area contributed by atoms with Crippen LogP contribution in [0.5, 0.6) is 17.2 Å². The summed E-state index contributed by atoms with van der Waals surface area (Å²) in [5.74, 6) is 0.826. The number of nitrogens with zero attached hydrogens (tertiary/aromatic N) is 1. The van der Waals surface area contributed by atoms with Gasteiger partial charge in [0.05, 0.1) is 19.4 Å². The van der Waals surface area contributed by atoms with E-state index in [1.54, 1.807) is 44.2 Å². The number of fused-ring (bicyclic) bond motifs is 1. The molecule has 1 aromatic heterocycles. The number of aromatic nitrogens is 1. The van der Waals surface area contributed by atoms with E-state index in [1.165, 1.54) is 13.2 Å². The minimum Gasteiger partial charge on any atom is -0.493 e. The first-order valence-electron chi connectivity index (χ1n) is 11.8. The maximum absolute atomic E-state index is 13.8. The van der Waals surface area contributed by atoms with Crippen molar-refractivity contribution in [3.63, 3.8) is 0 Å². The van der Waals surface area contributed by atoms with Crippen LogP contribution in [0.2, 0.25) is 0 Å². The number of pyridine rings is 1. The third kappa shape index (κ3) is 5.33. The summed E-state index contributed by atoms with van der Waals surface area (Å²) in [7, 11) is 1.44. The van der Waals surface area contributed by atoms with Gasteiger partial charge in [-0.1, -0.05) is 0 Å². The van der Waals surface area contributed by atoms with Crippen LogP contribution in [0.1, 0.15) is 46.9 Å². The van der Waals surface area contributed by atoms with Gasteiger partial charge in [0.25, 0.3) is 0 Å². The highest BCUT2D eigenvalue weighted by atomic mass is 19.1. The second-order valence-electron chi connectivity index (χ2n) is 9.01. The number of ketones is 1. The zero-order chi connectivity index (χ0) is 25.9. The summed E-state index contributed by atoms with van der Waals surface area (Å²) in [6.07, 6.45) is 0.855. The zero-order valence-electron chi connectivity index (χ0n) is 20.6. The second kappa shape index (κ2) is 10.6. The number of rotatable bonds is 10. The van der Waals surface area contributed by atoms with E-state index in [9.17, 15) is 18.7 Å². The summed E-state index contributed by atoms with van der Waals surface area (Å²) in [6, 6.07) is 11.3. The molecular formula is C28H29F2NO5. The number of aliphatic hydroxyl groups is 1. The van der Waals surface area contributed by atoms with Crippen LogP contribution in [0.15, 0.2) is 42.5 Å². The SMILES string of the molecule is COc1cc(C(=O)CC[C@@](C)(O)c2cc3c(c(-c4ccc(F)c(C)c4)n2)OCC3)ccc1OCCF. The standard InChI is InChI=1S/C28H29F2NO5/c1-17-14-19(4-6-21(17)30)26-27-20(9-12-36-27)16-25(31-26)28(2,33)10-8-22(32)18-5-7-23(35-13-11-29)24(15-18)34-3/h4-7,14-16,33H,8-13H2,1-3H3/t28-/m1/s1. The number of hydrogen-bond acceptors (Lipinski definition) is 6. The summed E-state index contributed by atoms with van der Waals surface area (Å²) in [5.41, 5.74) is 2.06. The van der Waals surface area contributed by atoms with Crippen LogP contribution < -0.4 is 14.2 Å². The molecule has 0 aliphatic carbocycles. The number of alkyl halides is 1. The number of carbonyl (C=O) groups is 1. The lowest BCUT2D eigenvalue weighted by atomic mass is 9.91. The van der Waals surface area contributed by atoms with Crippen molar-refractivity contribution in [3.8, 4) is 28.5 Å². The van der Waals surface area contributed by atoms with Gasteiger partial charge in [-0.05, 0) is 68.3 Å². The Morgan fingerprint density at radius 1 is 1.19 bits per heavy atom. The molecule has 0 unspecified atom stereocenters. The molecule has 0 fully saturated rings. The van der Waals surface area contributed by atoms with Crippen molar-refractivity contribution in [1.29, 1.82) is 0 Å². The van der Waals surface area contributed by atoms with E-state index in [-0.39, 0.29) is 31.0 Å². The van der Waals surface area contributed by atoms with Gasteiger partial charge in [-0.25, -0.2) is 13.8 Å². The summed E-state index contributed by atoms with van der Waals surface area (Å²) in [5, 5.41) is 11.3. The Balaban J connectivity index is 1.56. The molecule has 2 aromatic carbocycles. The molecule has 6 nitrogen and oxygen atoms in total. The first kappa shape index (κ1) is 25.6. The van der Waals surface area contributed by atoms with Gasteiger partial charge < -0.3 is 19.3 Å². The number of hydrogen-bond donors (Lipinski definition) is 1. The molecule has 2 heterocycles. The highest BCUT2D eigenvalue weighted by molar-refractivity contribution is 5.96. The average Bonchev–Trinajstić information content (AvgIpc) is 3.36. The fourth-order valence-corrected chi connectivity index (χ4v) is 4.20. The van der Waals surface area contributed by atoms with Crippen LogP contribution in [-0.2, 0) is 12.0 Å². The van der Waals surface area contributed by atoms with Crippen molar-refractivity contribution in [1.82, 2.24) is 4.98 Å². The van der Waals surface area contributed by atoms with Crippen molar-refractivity contribution in [3.05, 3.63) is 70.7 Å². The van der Waals surface area contributed by atoms with E-state index < -0.39 is 12.3 Å². The van der Waals surface area contributed by atoms with Crippen LogP contribution in [0, 0.1) is 12.7 Å². The molecule has 1 aliphatic heterocycles. The van der Waals surface area contributed by atoms with Crippen LogP contribution in [0.4, 0.5) is 8.78 Å². The fraction of sp³-hybridized carbons (Fsp3) is 0.357. The molecule has 1 N–H and O–H groups in total. The number of benzene rings is 2. The third-order valence-electron chi connectivity index (χ3n) is 6.31. The monoisotopic (exact) mass is 497 g/mol. The Kier molecular flexibility index (Phi) is 7.54. The first-order valence-corrected chi connectivity index (χ1v) is 11.8. The lowest BCUT2D eigenvalue weighted by Crippen LogP contribution is -2.24. The predicted octanol–water partition coefficient (Wildman–Crippen LogP) is 5.36. The summed E-state index contributed by atoms with van der Waals surface area (Å²) < 4.78 is 42.6. The highest BCUT2D eigenvalue weighted by Gasteiger charge is 2.30. The minimum atomic E-state index is -1.40. The van der Waals surface area contributed by atoms with Gasteiger partial charge in [0.1, 0.15) is 36.1 Å². The quantitative estimate of drug-likeness (QED) is 0.380. The molecule has 1 atom stereocenters. The van der Waals surface area contributed by atoms with Crippen LogP contribution in [0.25, 0.3) is 11.3 Å². The molecule has 36 heavy (non-hydrogen) atoms. The van der Waals surface area contributed by atoms with Gasteiger partial charge in [-0.15, -0.1) is 0 Å². The summed E-state index contributed by atoms with van der Waals surface area (Å²) in [6.45, 7) is 3.06. The molecule has 190 valence electrons. The van der Waals surface area contributed by atoms with E-state index in [0.717, 1.165) is 5.56 Å². The van der Waals surface area contributed by atoms with E-state index in [2.05, 4.69) is 0 Å². The largest absolute Gasteiger partial charge is 0.493 e. The number of halogens is 2. The van der Waals surface area contributed by atoms with Crippen molar-refractivity contribution in [2.45, 2.75) is 38.7 Å². The number of carbonyl (C=O) groups excluding carboxylic acids is 1. The zero-order valence-corrected chi connectivity index (χ0v) is 20.6. The number of aryl methyl sites for hydroxylation is 1. The van der Waals surface area contributed by atoms with E-state index in [4.69, 9.17) is 19.2 Å². The second-order valence-corrected chi connectivity index (χ2v) is 9.01. The molecule has 0 bridgehead atoms. The molecule has 0 saturated carbocycles. The Morgan fingerprint density at radius 3 is 2.72 bits per heavy atom. The average molecular weight is 498 g/mol. The molecule has 4 rings (SSSR count). The molecule has 0 saturated heterocycles. The van der Waals surface area contributed by atoms with Crippen LogP contribution in [0.3, 0.4) is 0 Å². The Bertz CT molecular complexity index is 1280. The third-order valence-corrected chi connectivity index (χ3v) is 6.31. The topological polar surface area (TPSA) is 77.9 Å². The van der Waals surface area contributed by atoms with Crippen molar-refractivity contribution >= 4 is 5.78 Å². The molecule has 1 aliphatic rings. The van der Waals surface area contributed by atoms with Crippen molar-refractivity contribution in [2.75, 3.05) is 27.0 Å². The predicted molar refractivity (Wildman–Crippen MR) is 131 cm³/mol. The number of methoxy groups -OCH3 is 1. The van der Waals surface area contributed by atoms with E-state index in [1.807, 2.05) is 6.07 Å². The van der Waals surface area contributed by atoms with Gasteiger partial charge >= 0.3 is 0 Å². The Hall–Kier alpha value is -3.52. The Morgan fingerprint density at radius 2 is 2.00 bits per heavy atom. The fourth-order valence-electron chi connectivity index (χ4n) is 4.20. The molecule has 0 amide bonds. The van der Waals surface area contributed by atoms with Gasteiger partial charge in [0, 0.05) is 29.5 Å². The van der Waals surface area contributed by atoms with Crippen molar-refractivity contribution in [2.24, 2.45) is 0 Å². The van der Waals surface area contributed by atoms with Crippen LogP contribution >= 0.6 is 0 Å². The molecule has 3 aromatic rings. The number of ether oxygens (including phenoxy) is 3. The van der Waals surface area contributed by atoms with Crippen LogP contribution in [-0.4, -0.2) is 42.9 Å². The molecule has 0 spiro atoms. The maximum atomic E-state index is 13.8. The molecule has 8 heteroatoms. The van der Waals surface area contributed by atoms with Gasteiger partial charge in [-0.3, -0.25) is 4.79 Å².